The molecule has 2 aliphatic heterocycles. The van der Waals surface area contributed by atoms with Crippen LogP contribution in [-0.2, 0) is 25.3 Å². The van der Waals surface area contributed by atoms with E-state index in [1.165, 1.54) is 20.9 Å². The Balaban J connectivity index is 1.74. The van der Waals surface area contributed by atoms with Gasteiger partial charge in [-0.15, -0.1) is 11.8 Å². The zero-order valence-corrected chi connectivity index (χ0v) is 14.3. The summed E-state index contributed by atoms with van der Waals surface area (Å²) in [7, 11) is 3.37. The highest BCUT2D eigenvalue weighted by molar-refractivity contribution is 8.14. The molecule has 1 amide bonds. The molecular formula is C14H18N4O2S2. The molecule has 0 aromatic carbocycles. The Hall–Kier alpha value is -1.41. The molecule has 6 nitrogen and oxygen atoms in total. The number of aliphatic imine (C=N–C) groups is 1. The number of fused-ring (bicyclic) bond motifs is 1. The minimum Gasteiger partial charge on any atom is -0.342 e. The van der Waals surface area contributed by atoms with Crippen LogP contribution in [0.15, 0.2) is 9.79 Å². The fraction of sp³-hybridized carbons (Fsp3) is 0.571. The number of carbonyl (C=O) groups is 1. The van der Waals surface area contributed by atoms with Crippen molar-refractivity contribution < 1.29 is 4.79 Å². The van der Waals surface area contributed by atoms with Crippen molar-refractivity contribution in [3.63, 3.8) is 0 Å². The quantitative estimate of drug-likeness (QED) is 0.765. The Kier molecular flexibility index (Phi) is 4.22. The van der Waals surface area contributed by atoms with Gasteiger partial charge in [-0.2, -0.15) is 0 Å². The maximum Gasteiger partial charge on any atom is 0.330 e. The van der Waals surface area contributed by atoms with Crippen molar-refractivity contribution in [2.24, 2.45) is 19.1 Å². The number of likely N-dealkylation sites (tertiary alicyclic amines) is 1. The van der Waals surface area contributed by atoms with E-state index in [1.54, 1.807) is 14.1 Å². The Labute approximate surface area is 137 Å². The molecule has 1 aromatic heterocycles. The lowest BCUT2D eigenvalue weighted by Gasteiger charge is -2.14. The molecule has 8 heteroatoms. The van der Waals surface area contributed by atoms with Crippen molar-refractivity contribution in [1.29, 1.82) is 0 Å². The third kappa shape index (κ3) is 2.65. The van der Waals surface area contributed by atoms with E-state index in [4.69, 9.17) is 12.2 Å². The largest absolute Gasteiger partial charge is 0.342 e. The number of amides is 1. The molecule has 0 unspecified atom stereocenters. The summed E-state index contributed by atoms with van der Waals surface area (Å²) in [5, 5.41) is 0.856. The van der Waals surface area contributed by atoms with Crippen LogP contribution in [0.25, 0.3) is 0 Å². The van der Waals surface area contributed by atoms with Crippen LogP contribution in [0, 0.1) is 4.64 Å². The lowest BCUT2D eigenvalue weighted by atomic mass is 10.2. The van der Waals surface area contributed by atoms with Gasteiger partial charge in [0, 0.05) is 39.2 Å². The van der Waals surface area contributed by atoms with E-state index in [9.17, 15) is 9.59 Å². The SMILES string of the molecule is Cn1c2c(c(=S)n(C)c1=O)CC(SCC(=O)N1CCCC1)=N2. The molecule has 2 aliphatic rings. The van der Waals surface area contributed by atoms with Crippen LogP contribution >= 0.6 is 24.0 Å². The minimum atomic E-state index is -0.174. The molecule has 0 N–H and O–H groups in total. The molecule has 0 saturated carbocycles. The van der Waals surface area contributed by atoms with E-state index in [0.29, 0.717) is 22.6 Å². The first-order chi connectivity index (χ1) is 10.5. The summed E-state index contributed by atoms with van der Waals surface area (Å²) in [6.07, 6.45) is 2.80. The normalized spacial score (nSPS) is 16.8. The molecule has 0 bridgehead atoms. The van der Waals surface area contributed by atoms with E-state index in [-0.39, 0.29) is 11.6 Å². The minimum absolute atomic E-state index is 0.166. The van der Waals surface area contributed by atoms with Crippen LogP contribution in [0.4, 0.5) is 5.82 Å². The van der Waals surface area contributed by atoms with Gasteiger partial charge in [-0.3, -0.25) is 13.9 Å². The summed E-state index contributed by atoms with van der Waals surface area (Å²) in [6, 6.07) is 0. The second-order valence-electron chi connectivity index (χ2n) is 5.57. The Morgan fingerprint density at radius 1 is 1.27 bits per heavy atom. The highest BCUT2D eigenvalue weighted by Gasteiger charge is 2.23. The Morgan fingerprint density at radius 3 is 2.64 bits per heavy atom. The van der Waals surface area contributed by atoms with Crippen LogP contribution in [0.5, 0.6) is 0 Å². The summed E-state index contributed by atoms with van der Waals surface area (Å²) >= 11 is 6.79. The number of nitrogens with zero attached hydrogens (tertiary/aromatic N) is 4. The van der Waals surface area contributed by atoms with Gasteiger partial charge in [0.2, 0.25) is 5.91 Å². The van der Waals surface area contributed by atoms with Gasteiger partial charge < -0.3 is 4.90 Å². The third-order valence-electron chi connectivity index (χ3n) is 4.10. The molecule has 3 heterocycles. The number of hydrogen-bond donors (Lipinski definition) is 0. The molecule has 0 atom stereocenters. The lowest BCUT2D eigenvalue weighted by Crippen LogP contribution is -2.29. The predicted octanol–water partition coefficient (Wildman–Crippen LogP) is 1.39. The number of hydrogen-bond acceptors (Lipinski definition) is 5. The average molecular weight is 338 g/mol. The molecule has 0 aliphatic carbocycles. The van der Waals surface area contributed by atoms with E-state index in [1.807, 2.05) is 4.90 Å². The third-order valence-corrected chi connectivity index (χ3v) is 5.58. The van der Waals surface area contributed by atoms with Crippen molar-refractivity contribution in [3.05, 3.63) is 20.7 Å². The van der Waals surface area contributed by atoms with Crippen molar-refractivity contribution in [1.82, 2.24) is 14.0 Å². The van der Waals surface area contributed by atoms with Crippen LogP contribution in [0.3, 0.4) is 0 Å². The maximum absolute atomic E-state index is 12.1. The monoisotopic (exact) mass is 338 g/mol. The number of thioether (sulfide) groups is 1. The lowest BCUT2D eigenvalue weighted by molar-refractivity contribution is -0.127. The van der Waals surface area contributed by atoms with Crippen molar-refractivity contribution in [2.75, 3.05) is 18.8 Å². The van der Waals surface area contributed by atoms with Gasteiger partial charge in [0.25, 0.3) is 0 Å². The highest BCUT2D eigenvalue weighted by Crippen LogP contribution is 2.29. The molecule has 1 fully saturated rings. The van der Waals surface area contributed by atoms with Gasteiger partial charge in [-0.25, -0.2) is 9.79 Å². The van der Waals surface area contributed by atoms with E-state index >= 15 is 0 Å². The first kappa shape index (κ1) is 15.5. The van der Waals surface area contributed by atoms with Gasteiger partial charge in [-0.1, -0.05) is 12.2 Å². The number of rotatable bonds is 2. The predicted molar refractivity (Wildman–Crippen MR) is 90.6 cm³/mol. The molecule has 1 aromatic rings. The van der Waals surface area contributed by atoms with Gasteiger partial charge in [0.15, 0.2) is 0 Å². The molecule has 22 heavy (non-hydrogen) atoms. The van der Waals surface area contributed by atoms with Gasteiger partial charge in [0.1, 0.15) is 10.5 Å². The zero-order valence-electron chi connectivity index (χ0n) is 12.7. The number of carbonyl (C=O) groups excluding carboxylic acids is 1. The van der Waals surface area contributed by atoms with Gasteiger partial charge >= 0.3 is 5.69 Å². The van der Waals surface area contributed by atoms with Crippen LogP contribution in [0.2, 0.25) is 0 Å². The van der Waals surface area contributed by atoms with Crippen molar-refractivity contribution in [2.45, 2.75) is 19.3 Å². The molecule has 118 valence electrons. The van der Waals surface area contributed by atoms with Crippen LogP contribution < -0.4 is 5.69 Å². The standard InChI is InChI=1S/C14H18N4O2S2/c1-16-12-9(13(21)17(2)14(16)20)7-10(15-12)22-8-11(19)18-5-3-4-6-18/h3-8H2,1-2H3. The van der Waals surface area contributed by atoms with E-state index < -0.39 is 0 Å². The smallest absolute Gasteiger partial charge is 0.330 e. The molecule has 0 spiro atoms. The first-order valence-electron chi connectivity index (χ1n) is 7.26. The molecule has 1 saturated heterocycles. The van der Waals surface area contributed by atoms with Gasteiger partial charge in [0.05, 0.1) is 10.8 Å². The summed E-state index contributed by atoms with van der Waals surface area (Å²) < 4.78 is 3.51. The van der Waals surface area contributed by atoms with Crippen LogP contribution in [-0.4, -0.2) is 43.8 Å². The maximum atomic E-state index is 12.1. The molecule has 0 radical (unpaired) electrons. The summed E-state index contributed by atoms with van der Waals surface area (Å²) in [4.78, 5) is 30.5. The average Bonchev–Trinajstić information content (AvgIpc) is 3.17. The fourth-order valence-corrected chi connectivity index (χ4v) is 3.91. The number of aromatic nitrogens is 2. The summed E-state index contributed by atoms with van der Waals surface area (Å²) in [6.45, 7) is 1.74. The highest BCUT2D eigenvalue weighted by atomic mass is 32.2. The summed E-state index contributed by atoms with van der Waals surface area (Å²) in [5.41, 5.74) is 0.725. The second kappa shape index (κ2) is 6.00. The molecular weight excluding hydrogens is 320 g/mol. The van der Waals surface area contributed by atoms with Crippen LogP contribution in [0.1, 0.15) is 18.4 Å². The first-order valence-corrected chi connectivity index (χ1v) is 8.65. The van der Waals surface area contributed by atoms with E-state index in [0.717, 1.165) is 36.5 Å². The Morgan fingerprint density at radius 2 is 1.95 bits per heavy atom. The fourth-order valence-electron chi connectivity index (χ4n) is 2.80. The van der Waals surface area contributed by atoms with Crippen molar-refractivity contribution >= 4 is 40.7 Å². The van der Waals surface area contributed by atoms with Crippen molar-refractivity contribution in [3.8, 4) is 0 Å². The molecule has 3 rings (SSSR count). The summed E-state index contributed by atoms with van der Waals surface area (Å²) in [5.74, 6) is 1.20. The topological polar surface area (TPSA) is 59.6 Å². The Bertz CT molecular complexity index is 772. The van der Waals surface area contributed by atoms with E-state index in [2.05, 4.69) is 4.99 Å². The zero-order chi connectivity index (χ0) is 15.9. The second-order valence-corrected chi connectivity index (χ2v) is 7.00. The van der Waals surface area contributed by atoms with Gasteiger partial charge in [-0.05, 0) is 12.8 Å².